The van der Waals surface area contributed by atoms with Crippen molar-refractivity contribution in [2.75, 3.05) is 0 Å². The van der Waals surface area contributed by atoms with Crippen molar-refractivity contribution in [2.24, 2.45) is 0 Å². The molecule has 0 saturated heterocycles. The van der Waals surface area contributed by atoms with E-state index in [4.69, 9.17) is 9.97 Å². The number of rotatable bonds is 3. The fourth-order valence-electron chi connectivity index (χ4n) is 2.33. The van der Waals surface area contributed by atoms with E-state index >= 15 is 0 Å². The minimum atomic E-state index is 0.925. The number of aromatic nitrogens is 2. The van der Waals surface area contributed by atoms with Crippen LogP contribution in [0, 0.1) is 0 Å². The number of halogens is 2. The van der Waals surface area contributed by atoms with Gasteiger partial charge >= 0.3 is 0 Å². The smallest absolute Gasteiger partial charge is 0.154 e. The summed E-state index contributed by atoms with van der Waals surface area (Å²) in [6.07, 6.45) is 0. The monoisotopic (exact) mass is 476 g/mol. The largest absolute Gasteiger partial charge is 0.232 e. The minimum Gasteiger partial charge on any atom is -0.232 e. The molecule has 0 aliphatic heterocycles. The van der Waals surface area contributed by atoms with Crippen LogP contribution < -0.4 is 0 Å². The first kappa shape index (κ1) is 16.1. The van der Waals surface area contributed by atoms with Crippen LogP contribution in [-0.2, 0) is 0 Å². The van der Waals surface area contributed by atoms with Gasteiger partial charge in [-0.2, -0.15) is 0 Å². The van der Waals surface area contributed by atoms with Crippen LogP contribution in [0.15, 0.2) is 68.2 Å². The molecule has 2 nitrogen and oxygen atoms in total. The summed E-state index contributed by atoms with van der Waals surface area (Å²) in [4.78, 5) is 9.59. The van der Waals surface area contributed by atoms with Gasteiger partial charge in [-0.25, -0.2) is 9.97 Å². The number of hydrogen-bond acceptors (Lipinski definition) is 4. The van der Waals surface area contributed by atoms with E-state index in [1.165, 1.54) is 0 Å². The molecule has 0 unspecified atom stereocenters. The van der Waals surface area contributed by atoms with Crippen LogP contribution in [0.1, 0.15) is 0 Å². The summed E-state index contributed by atoms with van der Waals surface area (Å²) in [7, 11) is 0. The molecule has 6 heteroatoms. The quantitative estimate of drug-likeness (QED) is 0.313. The average Bonchev–Trinajstić information content (AvgIpc) is 3.19. The zero-order chi connectivity index (χ0) is 16.5. The Kier molecular flexibility index (Phi) is 4.63. The summed E-state index contributed by atoms with van der Waals surface area (Å²) in [6, 6.07) is 20.4. The Morgan fingerprint density at radius 2 is 0.958 bits per heavy atom. The van der Waals surface area contributed by atoms with Gasteiger partial charge in [0.05, 0.1) is 19.0 Å². The highest BCUT2D eigenvalue weighted by Gasteiger charge is 2.18. The highest BCUT2D eigenvalue weighted by atomic mass is 79.9. The maximum atomic E-state index is 4.80. The van der Waals surface area contributed by atoms with Crippen LogP contribution in [0.2, 0.25) is 0 Å². The predicted molar refractivity (Wildman–Crippen MR) is 109 cm³/mol. The van der Waals surface area contributed by atoms with Crippen molar-refractivity contribution in [3.05, 3.63) is 68.2 Å². The third-order valence-corrected chi connectivity index (χ3v) is 7.00. The van der Waals surface area contributed by atoms with Gasteiger partial charge in [-0.15, -0.1) is 22.7 Å². The van der Waals surface area contributed by atoms with Gasteiger partial charge in [0.25, 0.3) is 0 Å². The molecule has 0 saturated carbocycles. The molecular weight excluding hydrogens is 468 g/mol. The van der Waals surface area contributed by atoms with E-state index in [0.717, 1.165) is 40.1 Å². The van der Waals surface area contributed by atoms with Crippen molar-refractivity contribution in [3.63, 3.8) is 0 Å². The zero-order valence-electron chi connectivity index (χ0n) is 12.2. The van der Waals surface area contributed by atoms with Crippen LogP contribution in [-0.4, -0.2) is 9.97 Å². The predicted octanol–water partition coefficient (Wildman–Crippen LogP) is 7.13. The molecule has 0 N–H and O–H groups in total. The third kappa shape index (κ3) is 3.11. The molecule has 0 atom stereocenters. The molecular formula is C18H10Br2N2S2. The van der Waals surface area contributed by atoms with Crippen molar-refractivity contribution >= 4 is 54.5 Å². The Morgan fingerprint density at radius 3 is 1.33 bits per heavy atom. The summed E-state index contributed by atoms with van der Waals surface area (Å²) < 4.78 is 2.05. The normalized spacial score (nSPS) is 10.9. The lowest BCUT2D eigenvalue weighted by molar-refractivity contribution is 1.34. The van der Waals surface area contributed by atoms with Crippen molar-refractivity contribution in [1.29, 1.82) is 0 Å². The molecule has 0 aliphatic rings. The molecule has 2 aromatic heterocycles. The van der Waals surface area contributed by atoms with Gasteiger partial charge < -0.3 is 0 Å². The number of benzene rings is 2. The standard InChI is InChI=1S/C18H10Br2N2S2/c19-15-13(11-7-3-1-4-8-11)21-17(23-15)18-22-14(16(20)24-18)12-9-5-2-6-10-12/h1-10H. The van der Waals surface area contributed by atoms with E-state index in [-0.39, 0.29) is 0 Å². The van der Waals surface area contributed by atoms with Gasteiger partial charge in [-0.3, -0.25) is 0 Å². The fourth-order valence-corrected chi connectivity index (χ4v) is 5.54. The second kappa shape index (κ2) is 6.88. The second-order valence-electron chi connectivity index (χ2n) is 5.01. The van der Waals surface area contributed by atoms with Gasteiger partial charge in [0.2, 0.25) is 0 Å². The summed E-state index contributed by atoms with van der Waals surface area (Å²) in [6.45, 7) is 0. The first-order valence-corrected chi connectivity index (χ1v) is 10.4. The molecule has 2 heterocycles. The van der Waals surface area contributed by atoms with Gasteiger partial charge in [-0.05, 0) is 31.9 Å². The van der Waals surface area contributed by atoms with E-state index in [9.17, 15) is 0 Å². The van der Waals surface area contributed by atoms with Crippen molar-refractivity contribution in [2.45, 2.75) is 0 Å². The van der Waals surface area contributed by atoms with Gasteiger partial charge in [0.1, 0.15) is 0 Å². The second-order valence-corrected chi connectivity index (χ2v) is 9.65. The Morgan fingerprint density at radius 1 is 0.583 bits per heavy atom. The van der Waals surface area contributed by atoms with Crippen molar-refractivity contribution in [1.82, 2.24) is 9.97 Å². The molecule has 0 amide bonds. The summed E-state index contributed by atoms with van der Waals surface area (Å²) >= 11 is 10.5. The maximum absolute atomic E-state index is 4.80. The summed E-state index contributed by atoms with van der Waals surface area (Å²) in [5, 5.41) is 1.85. The zero-order valence-corrected chi connectivity index (χ0v) is 17.0. The van der Waals surface area contributed by atoms with Gasteiger partial charge in [-0.1, -0.05) is 60.7 Å². The molecule has 0 spiro atoms. The van der Waals surface area contributed by atoms with E-state index in [0.29, 0.717) is 0 Å². The highest BCUT2D eigenvalue weighted by Crippen LogP contribution is 2.42. The van der Waals surface area contributed by atoms with Crippen molar-refractivity contribution in [3.8, 4) is 32.5 Å². The number of thiazole rings is 2. The lowest BCUT2D eigenvalue weighted by atomic mass is 10.2. The van der Waals surface area contributed by atoms with Gasteiger partial charge in [0.15, 0.2) is 10.0 Å². The first-order chi connectivity index (χ1) is 11.7. The lowest BCUT2D eigenvalue weighted by Gasteiger charge is -1.96. The average molecular weight is 478 g/mol. The molecule has 0 fully saturated rings. The van der Waals surface area contributed by atoms with Crippen LogP contribution >= 0.6 is 54.5 Å². The molecule has 2 aromatic carbocycles. The van der Waals surface area contributed by atoms with Crippen LogP contribution in [0.3, 0.4) is 0 Å². The molecule has 4 aromatic rings. The van der Waals surface area contributed by atoms with E-state index in [1.807, 2.05) is 36.4 Å². The molecule has 24 heavy (non-hydrogen) atoms. The maximum Gasteiger partial charge on any atom is 0.154 e. The topological polar surface area (TPSA) is 25.8 Å². The third-order valence-electron chi connectivity index (χ3n) is 3.45. The van der Waals surface area contributed by atoms with E-state index in [2.05, 4.69) is 56.1 Å². The Hall–Kier alpha value is -1.34. The Labute approximate surface area is 164 Å². The minimum absolute atomic E-state index is 0.925. The fraction of sp³-hybridized carbons (Fsp3) is 0. The number of nitrogens with zero attached hydrogens (tertiary/aromatic N) is 2. The van der Waals surface area contributed by atoms with Crippen molar-refractivity contribution < 1.29 is 0 Å². The van der Waals surface area contributed by atoms with Crippen LogP contribution in [0.25, 0.3) is 32.5 Å². The van der Waals surface area contributed by atoms with Crippen LogP contribution in [0.4, 0.5) is 0 Å². The molecule has 118 valence electrons. The first-order valence-electron chi connectivity index (χ1n) is 7.16. The Bertz CT molecular complexity index is 897. The molecule has 4 rings (SSSR count). The SMILES string of the molecule is Brc1sc(-c2nc(-c3ccccc3)c(Br)s2)nc1-c1ccccc1. The lowest BCUT2D eigenvalue weighted by Crippen LogP contribution is -1.81. The highest BCUT2D eigenvalue weighted by molar-refractivity contribution is 9.11. The van der Waals surface area contributed by atoms with Gasteiger partial charge in [0, 0.05) is 11.1 Å². The van der Waals surface area contributed by atoms with E-state index in [1.54, 1.807) is 22.7 Å². The molecule has 0 radical (unpaired) electrons. The Balaban J connectivity index is 1.76. The summed E-state index contributed by atoms with van der Waals surface area (Å²) in [5.41, 5.74) is 4.13. The molecule has 0 bridgehead atoms. The van der Waals surface area contributed by atoms with E-state index < -0.39 is 0 Å². The summed E-state index contributed by atoms with van der Waals surface area (Å²) in [5.74, 6) is 0. The molecule has 0 aliphatic carbocycles. The van der Waals surface area contributed by atoms with Crippen LogP contribution in [0.5, 0.6) is 0 Å². The number of hydrogen-bond donors (Lipinski definition) is 0.